The minimum atomic E-state index is -4.01. The maximum Gasteiger partial charge on any atom is 0.248 e. The van der Waals surface area contributed by atoms with E-state index in [1.54, 1.807) is 6.92 Å². The van der Waals surface area contributed by atoms with E-state index in [2.05, 4.69) is 5.32 Å². The summed E-state index contributed by atoms with van der Waals surface area (Å²) in [5, 5.41) is 2.60. The van der Waals surface area contributed by atoms with Crippen molar-refractivity contribution in [1.29, 1.82) is 0 Å². The smallest absolute Gasteiger partial charge is 0.248 e. The summed E-state index contributed by atoms with van der Waals surface area (Å²) in [5.74, 6) is -1.29. The number of nitrogens with one attached hydrogen (secondary N) is 1. The maximum absolute atomic E-state index is 14.2. The summed E-state index contributed by atoms with van der Waals surface area (Å²) in [7, 11) is -4.01. The molecule has 1 fully saturated rings. The van der Waals surface area contributed by atoms with Crippen LogP contribution in [0.15, 0.2) is 59.5 Å². The fourth-order valence-electron chi connectivity index (χ4n) is 2.86. The van der Waals surface area contributed by atoms with Crippen LogP contribution in [0.2, 0.25) is 0 Å². The van der Waals surface area contributed by atoms with Crippen LogP contribution in [0.25, 0.3) is 5.57 Å². The van der Waals surface area contributed by atoms with Gasteiger partial charge in [0.2, 0.25) is 15.9 Å². The fourth-order valence-corrected chi connectivity index (χ4v) is 4.36. The lowest BCUT2D eigenvalue weighted by Crippen LogP contribution is -2.40. The highest BCUT2D eigenvalue weighted by Gasteiger charge is 2.29. The number of rotatable bonds is 5. The van der Waals surface area contributed by atoms with Crippen LogP contribution in [-0.4, -0.2) is 44.9 Å². The number of amides is 1. The predicted octanol–water partition coefficient (Wildman–Crippen LogP) is 2.89. The van der Waals surface area contributed by atoms with Gasteiger partial charge in [-0.25, -0.2) is 12.8 Å². The molecule has 2 aromatic carbocycles. The molecule has 2 aromatic rings. The second-order valence-corrected chi connectivity index (χ2v) is 8.25. The van der Waals surface area contributed by atoms with E-state index in [0.717, 1.165) is 23.3 Å². The first-order valence-electron chi connectivity index (χ1n) is 8.80. The number of anilines is 1. The van der Waals surface area contributed by atoms with E-state index in [0.29, 0.717) is 0 Å². The number of carbonyl (C=O) groups is 1. The Morgan fingerprint density at radius 2 is 1.82 bits per heavy atom. The third kappa shape index (κ3) is 4.64. The molecule has 0 aromatic heterocycles. The van der Waals surface area contributed by atoms with Crippen LogP contribution in [0.4, 0.5) is 10.1 Å². The number of halogens is 1. The number of hydrogen-bond donors (Lipinski definition) is 1. The monoisotopic (exact) mass is 404 g/mol. The zero-order valence-electron chi connectivity index (χ0n) is 15.4. The summed E-state index contributed by atoms with van der Waals surface area (Å²) < 4.78 is 46.0. The van der Waals surface area contributed by atoms with Gasteiger partial charge in [0, 0.05) is 24.9 Å². The van der Waals surface area contributed by atoms with Crippen molar-refractivity contribution in [2.75, 3.05) is 31.6 Å². The third-order valence-electron chi connectivity index (χ3n) is 4.36. The number of carbonyl (C=O) groups excluding carboxylic acids is 1. The number of benzene rings is 2. The summed E-state index contributed by atoms with van der Waals surface area (Å²) in [6.07, 6.45) is 1.41. The van der Waals surface area contributed by atoms with Gasteiger partial charge >= 0.3 is 0 Å². The zero-order chi connectivity index (χ0) is 20.1. The SMILES string of the molecule is CC(=CC(=O)Nc1ccc(F)c(S(=O)(=O)N2CCOCC2)c1)c1ccccc1. The fraction of sp³-hybridized carbons (Fsp3) is 0.250. The molecule has 0 unspecified atom stereocenters. The van der Waals surface area contributed by atoms with Crippen molar-refractivity contribution >= 4 is 27.2 Å². The Bertz CT molecular complexity index is 985. The molecule has 0 saturated carbocycles. The molecule has 3 rings (SSSR count). The van der Waals surface area contributed by atoms with Crippen LogP contribution in [0.1, 0.15) is 12.5 Å². The van der Waals surface area contributed by atoms with Crippen molar-refractivity contribution in [3.05, 3.63) is 66.0 Å². The van der Waals surface area contributed by atoms with Gasteiger partial charge in [0.15, 0.2) is 0 Å². The molecule has 1 aliphatic heterocycles. The van der Waals surface area contributed by atoms with Gasteiger partial charge in [-0.1, -0.05) is 30.3 Å². The minimum absolute atomic E-state index is 0.164. The third-order valence-corrected chi connectivity index (χ3v) is 6.28. The quantitative estimate of drug-likeness (QED) is 0.778. The second kappa shape index (κ2) is 8.64. The van der Waals surface area contributed by atoms with Crippen LogP contribution in [0.3, 0.4) is 0 Å². The Hall–Kier alpha value is -2.55. The Kier molecular flexibility index (Phi) is 6.23. The van der Waals surface area contributed by atoms with E-state index in [9.17, 15) is 17.6 Å². The largest absolute Gasteiger partial charge is 0.379 e. The molecular formula is C20H21FN2O4S. The van der Waals surface area contributed by atoms with Crippen LogP contribution in [0, 0.1) is 5.82 Å². The molecule has 0 spiro atoms. The molecule has 0 bridgehead atoms. The molecule has 1 aliphatic rings. The highest BCUT2D eigenvalue weighted by Crippen LogP contribution is 2.24. The Labute approximate surface area is 163 Å². The lowest BCUT2D eigenvalue weighted by molar-refractivity contribution is -0.111. The van der Waals surface area contributed by atoms with Crippen LogP contribution in [0.5, 0.6) is 0 Å². The van der Waals surface area contributed by atoms with Gasteiger partial charge < -0.3 is 10.1 Å². The van der Waals surface area contributed by atoms with Crippen molar-refractivity contribution in [3.63, 3.8) is 0 Å². The van der Waals surface area contributed by atoms with Gasteiger partial charge in [-0.2, -0.15) is 4.31 Å². The number of allylic oxidation sites excluding steroid dienone is 1. The van der Waals surface area contributed by atoms with Gasteiger partial charge in [0.05, 0.1) is 13.2 Å². The molecule has 148 valence electrons. The highest BCUT2D eigenvalue weighted by atomic mass is 32.2. The second-order valence-electron chi connectivity index (χ2n) is 6.34. The molecule has 0 atom stereocenters. The first-order valence-corrected chi connectivity index (χ1v) is 10.2. The van der Waals surface area contributed by atoms with E-state index in [4.69, 9.17) is 4.74 Å². The number of sulfonamides is 1. The van der Waals surface area contributed by atoms with Gasteiger partial charge in [0.25, 0.3) is 0 Å². The summed E-state index contributed by atoms with van der Waals surface area (Å²) in [4.78, 5) is 11.8. The van der Waals surface area contributed by atoms with E-state index in [1.807, 2.05) is 30.3 Å². The summed E-state index contributed by atoms with van der Waals surface area (Å²) in [6, 6.07) is 12.9. The van der Waals surface area contributed by atoms with E-state index >= 15 is 0 Å². The Balaban J connectivity index is 1.80. The summed E-state index contributed by atoms with van der Waals surface area (Å²) in [6.45, 7) is 2.66. The van der Waals surface area contributed by atoms with Crippen molar-refractivity contribution in [2.45, 2.75) is 11.8 Å². The average Bonchev–Trinajstić information content (AvgIpc) is 2.70. The number of ether oxygens (including phenoxy) is 1. The maximum atomic E-state index is 14.2. The van der Waals surface area contributed by atoms with E-state index in [1.165, 1.54) is 16.4 Å². The van der Waals surface area contributed by atoms with Crippen LogP contribution < -0.4 is 5.32 Å². The number of nitrogens with zero attached hydrogens (tertiary/aromatic N) is 1. The van der Waals surface area contributed by atoms with Gasteiger partial charge in [-0.15, -0.1) is 0 Å². The summed E-state index contributed by atoms with van der Waals surface area (Å²) >= 11 is 0. The standard InChI is InChI=1S/C20H21FN2O4S/c1-15(16-5-3-2-4-6-16)13-20(24)22-17-7-8-18(21)19(14-17)28(25,26)23-9-11-27-12-10-23/h2-8,13-14H,9-12H2,1H3,(H,22,24). The van der Waals surface area contributed by atoms with Gasteiger partial charge in [-0.3, -0.25) is 4.79 Å². The van der Waals surface area contributed by atoms with Crippen LogP contribution in [-0.2, 0) is 19.6 Å². The highest BCUT2D eigenvalue weighted by molar-refractivity contribution is 7.89. The molecule has 0 radical (unpaired) electrons. The summed E-state index contributed by atoms with van der Waals surface area (Å²) in [5.41, 5.74) is 1.85. The van der Waals surface area contributed by atoms with Crippen molar-refractivity contribution in [2.24, 2.45) is 0 Å². The first kappa shape index (κ1) is 20.2. The molecular weight excluding hydrogens is 383 g/mol. The van der Waals surface area contributed by atoms with Crippen molar-refractivity contribution in [3.8, 4) is 0 Å². The molecule has 0 aliphatic carbocycles. The Morgan fingerprint density at radius 3 is 2.50 bits per heavy atom. The normalized spacial score (nSPS) is 16.0. The number of morpholine rings is 1. The molecule has 1 saturated heterocycles. The molecule has 28 heavy (non-hydrogen) atoms. The topological polar surface area (TPSA) is 75.7 Å². The predicted molar refractivity (Wildman–Crippen MR) is 105 cm³/mol. The molecule has 6 nitrogen and oxygen atoms in total. The van der Waals surface area contributed by atoms with Crippen molar-refractivity contribution < 1.29 is 22.3 Å². The minimum Gasteiger partial charge on any atom is -0.379 e. The number of hydrogen-bond acceptors (Lipinski definition) is 4. The van der Waals surface area contributed by atoms with E-state index < -0.39 is 26.6 Å². The van der Waals surface area contributed by atoms with Crippen LogP contribution >= 0.6 is 0 Å². The van der Waals surface area contributed by atoms with E-state index in [-0.39, 0.29) is 32.0 Å². The van der Waals surface area contributed by atoms with Crippen molar-refractivity contribution in [1.82, 2.24) is 4.31 Å². The average molecular weight is 404 g/mol. The molecule has 8 heteroatoms. The molecule has 1 N–H and O–H groups in total. The zero-order valence-corrected chi connectivity index (χ0v) is 16.2. The Morgan fingerprint density at radius 1 is 1.14 bits per heavy atom. The lowest BCUT2D eigenvalue weighted by atomic mass is 10.1. The molecule has 1 heterocycles. The molecule has 1 amide bonds. The van der Waals surface area contributed by atoms with Gasteiger partial charge in [-0.05, 0) is 36.3 Å². The first-order chi connectivity index (χ1) is 13.4. The van der Waals surface area contributed by atoms with Gasteiger partial charge in [0.1, 0.15) is 10.7 Å². The lowest BCUT2D eigenvalue weighted by Gasteiger charge is -2.26.